The first kappa shape index (κ1) is 17.3. The average molecular weight is 316 g/mol. The van der Waals surface area contributed by atoms with Crippen molar-refractivity contribution in [2.75, 3.05) is 13.2 Å². The van der Waals surface area contributed by atoms with E-state index in [2.05, 4.69) is 43.3 Å². The van der Waals surface area contributed by atoms with Crippen LogP contribution in [0.3, 0.4) is 0 Å². The summed E-state index contributed by atoms with van der Waals surface area (Å²) in [4.78, 5) is 4.09. The number of benzene rings is 1. The fourth-order valence-electron chi connectivity index (χ4n) is 3.48. The maximum atomic E-state index is 12.4. The molecule has 0 saturated heterocycles. The van der Waals surface area contributed by atoms with Gasteiger partial charge in [-0.05, 0) is 80.3 Å². The van der Waals surface area contributed by atoms with Crippen LogP contribution in [-0.2, 0) is 6.42 Å². The first-order valence-electron chi connectivity index (χ1n) is 8.12. The van der Waals surface area contributed by atoms with Crippen LogP contribution in [0.4, 0.5) is 4.39 Å². The third kappa shape index (κ3) is 3.47. The van der Waals surface area contributed by atoms with Gasteiger partial charge in [-0.15, -0.1) is 0 Å². The number of hydrogen-bond donors (Lipinski definition) is 2. The molecule has 0 bridgehead atoms. The van der Waals surface area contributed by atoms with E-state index in [1.165, 1.54) is 33.4 Å². The van der Waals surface area contributed by atoms with Gasteiger partial charge in [0.1, 0.15) is 6.67 Å². The summed E-state index contributed by atoms with van der Waals surface area (Å²) in [6.45, 7) is 8.22. The lowest BCUT2D eigenvalue weighted by Crippen LogP contribution is -2.39. The molecule has 4 nitrogen and oxygen atoms in total. The van der Waals surface area contributed by atoms with E-state index >= 15 is 0 Å². The molecule has 5 heteroatoms. The largest absolute Gasteiger partial charge is 0.349 e. The van der Waals surface area contributed by atoms with E-state index in [1.807, 2.05) is 6.19 Å². The van der Waals surface area contributed by atoms with Gasteiger partial charge in [0.25, 0.3) is 0 Å². The summed E-state index contributed by atoms with van der Waals surface area (Å²) >= 11 is 0. The number of aliphatic imine (C=N–C) groups is 1. The number of hydrogen-bond acceptors (Lipinski definition) is 2. The third-order valence-electron chi connectivity index (χ3n) is 4.98. The van der Waals surface area contributed by atoms with Crippen molar-refractivity contribution in [2.45, 2.75) is 53.0 Å². The summed E-state index contributed by atoms with van der Waals surface area (Å²) < 4.78 is 12.4. The number of alkyl halides is 1. The number of guanidine groups is 1. The average Bonchev–Trinajstić information content (AvgIpc) is 2.56. The standard InChI is InChI=1S/C18H25FN4/c1-11-12(2)14(4)17-15(13(11)3)6-5-7-16(17)23-18(22-10-20)21-9-8-19/h16H,5-9H2,1-4H3,(H2,21,22,23). The normalized spacial score (nSPS) is 17.4. The van der Waals surface area contributed by atoms with E-state index in [1.54, 1.807) is 0 Å². The van der Waals surface area contributed by atoms with E-state index in [9.17, 15) is 4.39 Å². The molecule has 1 aliphatic carbocycles. The molecule has 0 amide bonds. The zero-order valence-corrected chi connectivity index (χ0v) is 14.4. The van der Waals surface area contributed by atoms with Crippen molar-refractivity contribution in [3.05, 3.63) is 33.4 Å². The molecule has 23 heavy (non-hydrogen) atoms. The van der Waals surface area contributed by atoms with Crippen LogP contribution in [0.5, 0.6) is 0 Å². The maximum Gasteiger partial charge on any atom is 0.205 e. The molecule has 0 spiro atoms. The summed E-state index contributed by atoms with van der Waals surface area (Å²) in [7, 11) is 0. The Morgan fingerprint density at radius 3 is 2.57 bits per heavy atom. The molecule has 1 aromatic rings. The Morgan fingerprint density at radius 1 is 1.22 bits per heavy atom. The first-order chi connectivity index (χ1) is 11.0. The molecule has 1 unspecified atom stereocenters. The molecule has 1 atom stereocenters. The molecule has 0 radical (unpaired) electrons. The molecule has 1 aromatic carbocycles. The SMILES string of the molecule is Cc1c(C)c(C)c2c(c1C)CCCC2NC(=NCCF)NC#N. The highest BCUT2D eigenvalue weighted by Crippen LogP contribution is 2.37. The number of fused-ring (bicyclic) bond motifs is 1. The lowest BCUT2D eigenvalue weighted by atomic mass is 9.79. The maximum absolute atomic E-state index is 12.4. The van der Waals surface area contributed by atoms with Gasteiger partial charge in [-0.1, -0.05) is 0 Å². The van der Waals surface area contributed by atoms with Crippen LogP contribution in [0.15, 0.2) is 4.99 Å². The number of nitrogens with one attached hydrogen (secondary N) is 2. The molecule has 2 N–H and O–H groups in total. The van der Waals surface area contributed by atoms with E-state index in [4.69, 9.17) is 5.26 Å². The molecule has 124 valence electrons. The van der Waals surface area contributed by atoms with E-state index in [0.717, 1.165) is 19.3 Å². The Labute approximate surface area is 137 Å². The zero-order chi connectivity index (χ0) is 17.0. The molecule has 0 aliphatic heterocycles. The van der Waals surface area contributed by atoms with Crippen molar-refractivity contribution in [3.63, 3.8) is 0 Å². The summed E-state index contributed by atoms with van der Waals surface area (Å²) in [5.41, 5.74) is 8.10. The van der Waals surface area contributed by atoms with Crippen LogP contribution in [0.1, 0.15) is 52.3 Å². The predicted molar refractivity (Wildman–Crippen MR) is 91.2 cm³/mol. The van der Waals surface area contributed by atoms with Crippen LogP contribution in [-0.4, -0.2) is 19.2 Å². The highest BCUT2D eigenvalue weighted by molar-refractivity contribution is 5.81. The Morgan fingerprint density at radius 2 is 1.91 bits per heavy atom. The Bertz CT molecular complexity index is 658. The molecule has 0 aromatic heterocycles. The predicted octanol–water partition coefficient (Wildman–Crippen LogP) is 3.28. The van der Waals surface area contributed by atoms with Crippen molar-refractivity contribution >= 4 is 5.96 Å². The smallest absolute Gasteiger partial charge is 0.205 e. The van der Waals surface area contributed by atoms with E-state index < -0.39 is 6.67 Å². The summed E-state index contributed by atoms with van der Waals surface area (Å²) in [5.74, 6) is 0.360. The van der Waals surface area contributed by atoms with Gasteiger partial charge >= 0.3 is 0 Å². The van der Waals surface area contributed by atoms with Crippen molar-refractivity contribution in [2.24, 2.45) is 4.99 Å². The summed E-state index contributed by atoms with van der Waals surface area (Å²) in [5, 5.41) is 14.7. The van der Waals surface area contributed by atoms with E-state index in [-0.39, 0.29) is 12.6 Å². The van der Waals surface area contributed by atoms with E-state index in [0.29, 0.717) is 5.96 Å². The van der Waals surface area contributed by atoms with Crippen LogP contribution in [0, 0.1) is 39.1 Å². The Kier molecular flexibility index (Phi) is 5.59. The second kappa shape index (κ2) is 7.45. The van der Waals surface area contributed by atoms with Crippen molar-refractivity contribution in [1.82, 2.24) is 10.6 Å². The third-order valence-corrected chi connectivity index (χ3v) is 4.98. The molecule has 0 fully saturated rings. The lowest BCUT2D eigenvalue weighted by Gasteiger charge is -2.32. The Balaban J connectivity index is 2.40. The van der Waals surface area contributed by atoms with Gasteiger partial charge in [-0.2, -0.15) is 5.26 Å². The van der Waals surface area contributed by atoms with Crippen LogP contribution < -0.4 is 10.6 Å². The fraction of sp³-hybridized carbons (Fsp3) is 0.556. The number of halogens is 1. The van der Waals surface area contributed by atoms with Gasteiger partial charge in [0.15, 0.2) is 6.19 Å². The van der Waals surface area contributed by atoms with Crippen LogP contribution in [0.2, 0.25) is 0 Å². The fourth-order valence-corrected chi connectivity index (χ4v) is 3.48. The minimum atomic E-state index is -0.532. The topological polar surface area (TPSA) is 60.2 Å². The first-order valence-corrected chi connectivity index (χ1v) is 8.12. The number of nitriles is 1. The molecule has 0 saturated carbocycles. The van der Waals surface area contributed by atoms with Gasteiger partial charge in [-0.3, -0.25) is 5.32 Å². The van der Waals surface area contributed by atoms with Crippen molar-refractivity contribution < 1.29 is 4.39 Å². The summed E-state index contributed by atoms with van der Waals surface area (Å²) in [6, 6.07) is 0.107. The van der Waals surface area contributed by atoms with Gasteiger partial charge in [0.2, 0.25) is 5.96 Å². The van der Waals surface area contributed by atoms with Gasteiger partial charge in [-0.25, -0.2) is 9.38 Å². The number of nitrogens with zero attached hydrogens (tertiary/aromatic N) is 2. The monoisotopic (exact) mass is 316 g/mol. The molecule has 1 aliphatic rings. The van der Waals surface area contributed by atoms with Gasteiger partial charge < -0.3 is 5.32 Å². The van der Waals surface area contributed by atoms with Gasteiger partial charge in [0.05, 0.1) is 12.6 Å². The number of rotatable bonds is 3. The highest BCUT2D eigenvalue weighted by Gasteiger charge is 2.26. The van der Waals surface area contributed by atoms with Gasteiger partial charge in [0, 0.05) is 0 Å². The van der Waals surface area contributed by atoms with Crippen LogP contribution >= 0.6 is 0 Å². The minimum absolute atomic E-state index is 0.0571. The van der Waals surface area contributed by atoms with Crippen molar-refractivity contribution in [3.8, 4) is 6.19 Å². The molecule has 2 rings (SSSR count). The zero-order valence-electron chi connectivity index (χ0n) is 14.4. The quantitative estimate of drug-likeness (QED) is 0.389. The Hall–Kier alpha value is -2.09. The molecular weight excluding hydrogens is 291 g/mol. The minimum Gasteiger partial charge on any atom is -0.349 e. The molecule has 0 heterocycles. The second-order valence-electron chi connectivity index (χ2n) is 6.14. The summed E-state index contributed by atoms with van der Waals surface area (Å²) in [6.07, 6.45) is 5.04. The van der Waals surface area contributed by atoms with Crippen molar-refractivity contribution in [1.29, 1.82) is 5.26 Å². The van der Waals surface area contributed by atoms with Crippen LogP contribution in [0.25, 0.3) is 0 Å². The molecular formula is C18H25FN4. The second-order valence-corrected chi connectivity index (χ2v) is 6.14. The highest BCUT2D eigenvalue weighted by atomic mass is 19.1. The lowest BCUT2D eigenvalue weighted by molar-refractivity contribution is 0.497.